The van der Waals surface area contributed by atoms with Crippen LogP contribution in [0.1, 0.15) is 39.0 Å². The van der Waals surface area contributed by atoms with E-state index in [0.29, 0.717) is 16.9 Å². The number of ether oxygens (including phenoxy) is 2. The number of hydrogen-bond donors (Lipinski definition) is 2. The van der Waals surface area contributed by atoms with Gasteiger partial charge in [-0.1, -0.05) is 18.2 Å². The lowest BCUT2D eigenvalue weighted by atomic mass is 10.1. The Morgan fingerprint density at radius 1 is 1.04 bits per heavy atom. The molecule has 0 atom stereocenters. The summed E-state index contributed by atoms with van der Waals surface area (Å²) in [6.45, 7) is 4.78. The summed E-state index contributed by atoms with van der Waals surface area (Å²) in [5.74, 6) is -1.66. The molecule has 1 aromatic heterocycles. The Morgan fingerprint density at radius 2 is 1.72 bits per heavy atom. The normalized spacial score (nSPS) is 10.2. The van der Waals surface area contributed by atoms with Crippen molar-refractivity contribution >= 4 is 23.5 Å². The summed E-state index contributed by atoms with van der Waals surface area (Å²) in [6.07, 6.45) is 0. The number of anilines is 1. The fourth-order valence-corrected chi connectivity index (χ4v) is 2.39. The first kappa shape index (κ1) is 18.3. The van der Waals surface area contributed by atoms with E-state index in [4.69, 9.17) is 9.47 Å². The van der Waals surface area contributed by atoms with Crippen molar-refractivity contribution in [3.05, 3.63) is 52.8 Å². The highest BCUT2D eigenvalue weighted by Gasteiger charge is 2.24. The summed E-state index contributed by atoms with van der Waals surface area (Å²) in [6, 6.07) is 8.85. The first-order valence-corrected chi connectivity index (χ1v) is 7.82. The van der Waals surface area contributed by atoms with E-state index in [1.54, 1.807) is 45.0 Å². The molecule has 1 amide bonds. The number of carbonyl (C=O) groups is 3. The van der Waals surface area contributed by atoms with Gasteiger partial charge in [0.15, 0.2) is 6.61 Å². The van der Waals surface area contributed by atoms with Gasteiger partial charge in [0.2, 0.25) is 0 Å². The SMILES string of the molecule is CCOC(=O)c1[nH]c(C)c(C(=O)OCC(=O)Nc2ccccc2)c1C. The Kier molecular flexibility index (Phi) is 5.94. The van der Waals surface area contributed by atoms with Gasteiger partial charge in [0.25, 0.3) is 5.91 Å². The number of aromatic amines is 1. The smallest absolute Gasteiger partial charge is 0.355 e. The van der Waals surface area contributed by atoms with Crippen molar-refractivity contribution in [3.63, 3.8) is 0 Å². The first-order chi connectivity index (χ1) is 11.9. The van der Waals surface area contributed by atoms with Gasteiger partial charge in [-0.25, -0.2) is 9.59 Å². The van der Waals surface area contributed by atoms with Crippen molar-refractivity contribution in [2.24, 2.45) is 0 Å². The van der Waals surface area contributed by atoms with Crippen molar-refractivity contribution in [3.8, 4) is 0 Å². The molecule has 7 heteroatoms. The van der Waals surface area contributed by atoms with Crippen LogP contribution < -0.4 is 5.32 Å². The van der Waals surface area contributed by atoms with Crippen molar-refractivity contribution < 1.29 is 23.9 Å². The standard InChI is InChI=1S/C18H20N2O5/c1-4-24-18(23)16-11(2)15(12(3)19-16)17(22)25-10-14(21)20-13-8-6-5-7-9-13/h5-9,19H,4,10H2,1-3H3,(H,20,21). The summed E-state index contributed by atoms with van der Waals surface area (Å²) >= 11 is 0. The first-order valence-electron chi connectivity index (χ1n) is 7.82. The van der Waals surface area contributed by atoms with Gasteiger partial charge in [-0.2, -0.15) is 0 Å². The number of benzene rings is 1. The largest absolute Gasteiger partial charge is 0.461 e. The van der Waals surface area contributed by atoms with E-state index in [1.807, 2.05) is 6.07 Å². The molecule has 0 saturated heterocycles. The Morgan fingerprint density at radius 3 is 2.36 bits per heavy atom. The quantitative estimate of drug-likeness (QED) is 0.785. The van der Waals surface area contributed by atoms with Gasteiger partial charge < -0.3 is 19.8 Å². The lowest BCUT2D eigenvalue weighted by Crippen LogP contribution is -2.21. The predicted octanol–water partition coefficient (Wildman–Crippen LogP) is 2.60. The van der Waals surface area contributed by atoms with E-state index in [0.717, 1.165) is 0 Å². The number of nitrogens with one attached hydrogen (secondary N) is 2. The molecule has 0 aliphatic carbocycles. The van der Waals surface area contributed by atoms with E-state index >= 15 is 0 Å². The summed E-state index contributed by atoms with van der Waals surface area (Å²) in [4.78, 5) is 38.8. The molecule has 25 heavy (non-hydrogen) atoms. The molecular formula is C18H20N2O5. The van der Waals surface area contributed by atoms with Gasteiger partial charge in [-0.05, 0) is 38.5 Å². The number of aryl methyl sites for hydroxylation is 1. The number of aromatic nitrogens is 1. The van der Waals surface area contributed by atoms with Crippen LogP contribution >= 0.6 is 0 Å². The Labute approximate surface area is 145 Å². The average Bonchev–Trinajstić information content (AvgIpc) is 2.88. The van der Waals surface area contributed by atoms with E-state index in [2.05, 4.69) is 10.3 Å². The summed E-state index contributed by atoms with van der Waals surface area (Å²) < 4.78 is 9.99. The van der Waals surface area contributed by atoms with Crippen LogP contribution in [0.5, 0.6) is 0 Å². The highest BCUT2D eigenvalue weighted by molar-refractivity contribution is 6.00. The van der Waals surface area contributed by atoms with E-state index in [9.17, 15) is 14.4 Å². The topological polar surface area (TPSA) is 97.5 Å². The lowest BCUT2D eigenvalue weighted by Gasteiger charge is -2.07. The molecule has 0 spiro atoms. The minimum atomic E-state index is -0.676. The van der Waals surface area contributed by atoms with Crippen LogP contribution in [0.2, 0.25) is 0 Å². The zero-order valence-corrected chi connectivity index (χ0v) is 14.3. The highest BCUT2D eigenvalue weighted by atomic mass is 16.5. The van der Waals surface area contributed by atoms with Gasteiger partial charge >= 0.3 is 11.9 Å². The van der Waals surface area contributed by atoms with Crippen LogP contribution in [0.3, 0.4) is 0 Å². The molecule has 0 bridgehead atoms. The van der Waals surface area contributed by atoms with Crippen LogP contribution in [-0.2, 0) is 14.3 Å². The number of H-pyrrole nitrogens is 1. The monoisotopic (exact) mass is 344 g/mol. The maximum absolute atomic E-state index is 12.3. The van der Waals surface area contributed by atoms with Crippen LogP contribution in [0, 0.1) is 13.8 Å². The molecule has 0 saturated carbocycles. The number of para-hydroxylation sites is 1. The van der Waals surface area contributed by atoms with Gasteiger partial charge in [-0.3, -0.25) is 4.79 Å². The molecule has 1 aromatic carbocycles. The second kappa shape index (κ2) is 8.14. The fourth-order valence-electron chi connectivity index (χ4n) is 2.39. The molecule has 1 heterocycles. The molecule has 0 unspecified atom stereocenters. The minimum Gasteiger partial charge on any atom is -0.461 e. The predicted molar refractivity (Wildman–Crippen MR) is 91.6 cm³/mol. The molecule has 7 nitrogen and oxygen atoms in total. The summed E-state index contributed by atoms with van der Waals surface area (Å²) in [5.41, 5.74) is 1.97. The number of esters is 2. The number of amides is 1. The Hall–Kier alpha value is -3.09. The van der Waals surface area contributed by atoms with Gasteiger partial charge in [0.1, 0.15) is 5.69 Å². The number of rotatable bonds is 6. The van der Waals surface area contributed by atoms with E-state index in [-0.39, 0.29) is 17.9 Å². The molecule has 2 N–H and O–H groups in total. The van der Waals surface area contributed by atoms with Gasteiger partial charge in [0, 0.05) is 11.4 Å². The third-order valence-corrected chi connectivity index (χ3v) is 3.51. The third kappa shape index (κ3) is 4.47. The maximum atomic E-state index is 12.3. The third-order valence-electron chi connectivity index (χ3n) is 3.51. The highest BCUT2D eigenvalue weighted by Crippen LogP contribution is 2.20. The van der Waals surface area contributed by atoms with Crippen molar-refractivity contribution in [1.29, 1.82) is 0 Å². The second-order valence-corrected chi connectivity index (χ2v) is 5.34. The van der Waals surface area contributed by atoms with E-state index in [1.165, 1.54) is 0 Å². The van der Waals surface area contributed by atoms with E-state index < -0.39 is 24.5 Å². The van der Waals surface area contributed by atoms with Crippen LogP contribution in [0.25, 0.3) is 0 Å². The average molecular weight is 344 g/mol. The molecule has 2 aromatic rings. The summed E-state index contributed by atoms with van der Waals surface area (Å²) in [5, 5.41) is 2.62. The zero-order chi connectivity index (χ0) is 18.4. The van der Waals surface area contributed by atoms with Crippen LogP contribution in [0.15, 0.2) is 30.3 Å². The Balaban J connectivity index is 2.01. The molecule has 0 radical (unpaired) electrons. The molecule has 132 valence electrons. The fraction of sp³-hybridized carbons (Fsp3) is 0.278. The second-order valence-electron chi connectivity index (χ2n) is 5.34. The maximum Gasteiger partial charge on any atom is 0.355 e. The zero-order valence-electron chi connectivity index (χ0n) is 14.3. The van der Waals surface area contributed by atoms with Crippen LogP contribution in [-0.4, -0.2) is 36.0 Å². The number of carbonyl (C=O) groups excluding carboxylic acids is 3. The van der Waals surface area contributed by atoms with Crippen molar-refractivity contribution in [1.82, 2.24) is 4.98 Å². The molecule has 0 aliphatic heterocycles. The van der Waals surface area contributed by atoms with Gasteiger partial charge in [0.05, 0.1) is 12.2 Å². The van der Waals surface area contributed by atoms with Crippen molar-refractivity contribution in [2.45, 2.75) is 20.8 Å². The van der Waals surface area contributed by atoms with Crippen LogP contribution in [0.4, 0.5) is 5.69 Å². The molecule has 0 fully saturated rings. The van der Waals surface area contributed by atoms with Crippen molar-refractivity contribution in [2.75, 3.05) is 18.5 Å². The lowest BCUT2D eigenvalue weighted by molar-refractivity contribution is -0.119. The Bertz CT molecular complexity index is 780. The van der Waals surface area contributed by atoms with Gasteiger partial charge in [-0.15, -0.1) is 0 Å². The molecular weight excluding hydrogens is 324 g/mol. The molecule has 0 aliphatic rings. The number of hydrogen-bond acceptors (Lipinski definition) is 5. The minimum absolute atomic E-state index is 0.208. The molecule has 2 rings (SSSR count). The summed E-state index contributed by atoms with van der Waals surface area (Å²) in [7, 11) is 0.